The molecule has 0 saturated carbocycles. The summed E-state index contributed by atoms with van der Waals surface area (Å²) in [5.41, 5.74) is 23.5. The lowest BCUT2D eigenvalue weighted by molar-refractivity contribution is 0.306. The molecule has 0 saturated heterocycles. The topological polar surface area (TPSA) is 12.5 Å². The highest BCUT2D eigenvalue weighted by Crippen LogP contribution is 2.57. The van der Waals surface area contributed by atoms with Crippen LogP contribution in [0.15, 0.2) is 243 Å². The molecule has 356 valence electrons. The number of ether oxygens (including phenoxy) is 1. The number of hydrogen-bond acceptors (Lipinski definition) is 2. The van der Waals surface area contributed by atoms with E-state index in [2.05, 4.69) is 268 Å². The molecule has 10 aromatic carbocycles. The first kappa shape index (κ1) is 45.9. The first-order valence-electron chi connectivity index (χ1n) is 26.3. The summed E-state index contributed by atoms with van der Waals surface area (Å²) in [5.74, 6) is 1.81. The van der Waals surface area contributed by atoms with E-state index in [9.17, 15) is 0 Å². The van der Waals surface area contributed by atoms with Gasteiger partial charge in [-0.1, -0.05) is 214 Å². The molecule has 73 heavy (non-hydrogen) atoms. The number of benzene rings is 10. The van der Waals surface area contributed by atoms with Crippen LogP contribution in [0.1, 0.15) is 94.2 Å². The fourth-order valence-corrected chi connectivity index (χ4v) is 11.8. The first-order chi connectivity index (χ1) is 35.9. The van der Waals surface area contributed by atoms with Gasteiger partial charge in [0.1, 0.15) is 12.4 Å². The first-order valence-corrected chi connectivity index (χ1v) is 26.3. The van der Waals surface area contributed by atoms with Crippen molar-refractivity contribution in [2.75, 3.05) is 4.90 Å². The van der Waals surface area contributed by atoms with Gasteiger partial charge >= 0.3 is 0 Å². The van der Waals surface area contributed by atoms with Gasteiger partial charge in [-0.3, -0.25) is 0 Å². The van der Waals surface area contributed by atoms with Gasteiger partial charge in [0.15, 0.2) is 0 Å². The van der Waals surface area contributed by atoms with E-state index in [-0.39, 0.29) is 0 Å². The van der Waals surface area contributed by atoms with Crippen molar-refractivity contribution in [1.82, 2.24) is 0 Å². The monoisotopic (exact) mass is 943 g/mol. The third kappa shape index (κ3) is 8.76. The summed E-state index contributed by atoms with van der Waals surface area (Å²) in [6.45, 7) is 7.37. The lowest BCUT2D eigenvalue weighted by Gasteiger charge is -2.35. The second kappa shape index (κ2) is 19.8. The fourth-order valence-electron chi connectivity index (χ4n) is 11.8. The molecule has 12 rings (SSSR count). The quantitative estimate of drug-likeness (QED) is 0.102. The summed E-state index contributed by atoms with van der Waals surface area (Å²) in [5, 5.41) is 0. The molecule has 2 heteroatoms. The van der Waals surface area contributed by atoms with Gasteiger partial charge in [0, 0.05) is 17.1 Å². The Kier molecular flexibility index (Phi) is 12.4. The Balaban J connectivity index is 0.811. The molecule has 0 radical (unpaired) electrons. The van der Waals surface area contributed by atoms with E-state index in [1.165, 1.54) is 102 Å². The normalized spacial score (nSPS) is 15.1. The van der Waals surface area contributed by atoms with Crippen LogP contribution in [0.3, 0.4) is 0 Å². The molecule has 0 N–H and O–H groups in total. The summed E-state index contributed by atoms with van der Waals surface area (Å²) in [7, 11) is 0. The number of rotatable bonds is 15. The summed E-state index contributed by atoms with van der Waals surface area (Å²) in [4.78, 5) is 2.39. The molecule has 0 aliphatic heterocycles. The average molecular weight is 944 g/mol. The third-order valence-corrected chi connectivity index (χ3v) is 16.0. The van der Waals surface area contributed by atoms with Gasteiger partial charge in [-0.15, -0.1) is 0 Å². The van der Waals surface area contributed by atoms with Crippen LogP contribution in [0.25, 0.3) is 33.4 Å². The Hall–Kier alpha value is -8.20. The summed E-state index contributed by atoms with van der Waals surface area (Å²) >= 11 is 0. The van der Waals surface area contributed by atoms with E-state index in [1.807, 2.05) is 0 Å². The van der Waals surface area contributed by atoms with Crippen LogP contribution in [0.4, 0.5) is 17.1 Å². The number of nitrogens with zero attached hydrogens (tertiary/aromatic N) is 1. The molecule has 2 aliphatic rings. The van der Waals surface area contributed by atoms with E-state index < -0.39 is 5.41 Å². The second-order valence-electron chi connectivity index (χ2n) is 20.4. The van der Waals surface area contributed by atoms with Gasteiger partial charge in [0.05, 0.1) is 5.41 Å². The zero-order valence-electron chi connectivity index (χ0n) is 42.1. The minimum atomic E-state index is -0.580. The summed E-state index contributed by atoms with van der Waals surface area (Å²) in [6.07, 6.45) is 4.68. The third-order valence-electron chi connectivity index (χ3n) is 16.0. The van der Waals surface area contributed by atoms with E-state index in [0.29, 0.717) is 18.4 Å². The Morgan fingerprint density at radius 2 is 1.03 bits per heavy atom. The van der Waals surface area contributed by atoms with Crippen LogP contribution in [0.2, 0.25) is 0 Å². The molecule has 10 aromatic rings. The maximum Gasteiger partial charge on any atom is 0.119 e. The van der Waals surface area contributed by atoms with Crippen LogP contribution >= 0.6 is 0 Å². The molecule has 3 atom stereocenters. The standard InChI is InChI=1S/C71H61NO/c1-4-52(55-25-27-57(28-26-55)59-31-29-58-30-32-60(58)46-59)45-50(3)53-23-21-51(22-24-53)48-73-66-42-37-62(38-43-66)71(61-35-19-49(2)20-36-61)69-18-12-11-17-67(69)68-44-41-65(47-70(68)71)72(63-15-9-6-10-16-63)64-39-33-56(34-40-64)54-13-7-5-8-14-54/h5-29,31,33-44,46-47,50,52H,4,30,32,45,48H2,1-3H3. The summed E-state index contributed by atoms with van der Waals surface area (Å²) < 4.78 is 6.58. The van der Waals surface area contributed by atoms with Crippen LogP contribution in [-0.4, -0.2) is 0 Å². The molecular weight excluding hydrogens is 883 g/mol. The van der Waals surface area contributed by atoms with E-state index in [0.717, 1.165) is 35.7 Å². The Bertz CT molecular complexity index is 3510. The molecule has 0 spiro atoms. The van der Waals surface area contributed by atoms with Crippen molar-refractivity contribution in [3.63, 3.8) is 0 Å². The smallest absolute Gasteiger partial charge is 0.119 e. The number of para-hydroxylation sites is 1. The number of fused-ring (bicyclic) bond motifs is 4. The lowest BCUT2D eigenvalue weighted by Crippen LogP contribution is -2.28. The van der Waals surface area contributed by atoms with E-state index in [4.69, 9.17) is 4.74 Å². The Morgan fingerprint density at radius 3 is 1.71 bits per heavy atom. The molecule has 3 unspecified atom stereocenters. The van der Waals surface area contributed by atoms with E-state index in [1.54, 1.807) is 0 Å². The van der Waals surface area contributed by atoms with Crippen molar-refractivity contribution in [3.05, 3.63) is 298 Å². The predicted octanol–water partition coefficient (Wildman–Crippen LogP) is 18.5. The second-order valence-corrected chi connectivity index (χ2v) is 20.4. The van der Waals surface area contributed by atoms with Gasteiger partial charge in [-0.2, -0.15) is 0 Å². The van der Waals surface area contributed by atoms with Gasteiger partial charge in [0.25, 0.3) is 0 Å². The number of anilines is 3. The van der Waals surface area contributed by atoms with Crippen molar-refractivity contribution in [1.29, 1.82) is 0 Å². The highest BCUT2D eigenvalue weighted by molar-refractivity contribution is 5.90. The van der Waals surface area contributed by atoms with Crippen molar-refractivity contribution in [2.45, 2.75) is 70.3 Å². The van der Waals surface area contributed by atoms with Crippen molar-refractivity contribution in [3.8, 4) is 39.1 Å². The average Bonchev–Trinajstić information content (AvgIpc) is 3.74. The Labute approximate surface area is 432 Å². The molecule has 2 nitrogen and oxygen atoms in total. The van der Waals surface area contributed by atoms with Gasteiger partial charge in [-0.05, 0) is 176 Å². The van der Waals surface area contributed by atoms with Gasteiger partial charge in [-0.25, -0.2) is 0 Å². The molecule has 0 aromatic heterocycles. The van der Waals surface area contributed by atoms with Crippen LogP contribution < -0.4 is 9.64 Å². The van der Waals surface area contributed by atoms with Crippen molar-refractivity contribution < 1.29 is 4.74 Å². The molecule has 0 amide bonds. The van der Waals surface area contributed by atoms with Gasteiger partial charge < -0.3 is 9.64 Å². The van der Waals surface area contributed by atoms with E-state index >= 15 is 0 Å². The minimum Gasteiger partial charge on any atom is -0.489 e. The maximum atomic E-state index is 6.58. The molecule has 0 heterocycles. The number of aryl methyl sites for hydroxylation is 3. The van der Waals surface area contributed by atoms with Crippen LogP contribution in [-0.2, 0) is 24.9 Å². The fraction of sp³-hybridized carbons (Fsp3) is 0.155. The highest BCUT2D eigenvalue weighted by atomic mass is 16.5. The molecule has 2 aliphatic carbocycles. The summed E-state index contributed by atoms with van der Waals surface area (Å²) in [6, 6.07) is 89.9. The zero-order chi connectivity index (χ0) is 49.3. The predicted molar refractivity (Wildman–Crippen MR) is 305 cm³/mol. The molecule has 0 fully saturated rings. The SMILES string of the molecule is CCC(CC(C)c1ccc(COc2ccc(C3(c4ccc(C)cc4)c4ccccc4-c4ccc(N(c5ccccc5)c5ccc(-c6ccccc6)cc5)cc43)cc2)cc1)c1ccc(-c2ccc3c(c2)CC3)cc1. The Morgan fingerprint density at radius 1 is 0.466 bits per heavy atom. The molecule has 0 bridgehead atoms. The lowest BCUT2D eigenvalue weighted by atomic mass is 9.67. The minimum absolute atomic E-state index is 0.441. The molecular formula is C71H61NO. The van der Waals surface area contributed by atoms with Gasteiger partial charge in [0.2, 0.25) is 0 Å². The maximum absolute atomic E-state index is 6.58. The number of hydrogen-bond donors (Lipinski definition) is 0. The van der Waals surface area contributed by atoms with Crippen molar-refractivity contribution in [2.24, 2.45) is 0 Å². The van der Waals surface area contributed by atoms with Crippen LogP contribution in [0.5, 0.6) is 5.75 Å². The van der Waals surface area contributed by atoms with Crippen LogP contribution in [0, 0.1) is 6.92 Å². The largest absolute Gasteiger partial charge is 0.489 e. The highest BCUT2D eigenvalue weighted by Gasteiger charge is 2.46. The zero-order valence-corrected chi connectivity index (χ0v) is 42.1. The van der Waals surface area contributed by atoms with Crippen molar-refractivity contribution >= 4 is 17.1 Å².